The summed E-state index contributed by atoms with van der Waals surface area (Å²) in [5.74, 6) is 0.257. The fourth-order valence-corrected chi connectivity index (χ4v) is 8.95. The minimum atomic E-state index is -2.95. The molecule has 3 aliphatic heterocycles. The number of piperazine rings is 1. The Labute approximate surface area is 223 Å². The molecule has 198 valence electrons. The largest absolute Gasteiger partial charge is 0.366 e. The van der Waals surface area contributed by atoms with Gasteiger partial charge in [-0.15, -0.1) is 0 Å². The Kier molecular flexibility index (Phi) is 7.78. The molecule has 3 heterocycles. The van der Waals surface area contributed by atoms with Crippen LogP contribution in [0.15, 0.2) is 53.5 Å². The lowest BCUT2D eigenvalue weighted by Crippen LogP contribution is -2.52. The molecule has 2 aromatic rings. The molecule has 2 N–H and O–H groups in total. The summed E-state index contributed by atoms with van der Waals surface area (Å²) in [6.45, 7) is 9.10. The van der Waals surface area contributed by atoms with Gasteiger partial charge in [0.05, 0.1) is 17.5 Å². The number of benzene rings is 2. The number of carbonyl (C=O) groups excluding carboxylic acids is 1. The SMILES string of the molecule is Cc1cccc(N2CCN(CCCNC(=O)c3ccc(NC4=N[C@@H]5CS(=O)(=O)C[C@@H]5S4)cc3)CC2C)c1. The summed E-state index contributed by atoms with van der Waals surface area (Å²) >= 11 is 1.49. The first-order valence-corrected chi connectivity index (χ1v) is 15.6. The first-order valence-electron chi connectivity index (χ1n) is 12.9. The lowest BCUT2D eigenvalue weighted by molar-refractivity contribution is 0.0951. The van der Waals surface area contributed by atoms with Crippen LogP contribution in [0.3, 0.4) is 0 Å². The molecule has 37 heavy (non-hydrogen) atoms. The third-order valence-electron chi connectivity index (χ3n) is 7.20. The van der Waals surface area contributed by atoms with E-state index in [0.717, 1.165) is 43.5 Å². The van der Waals surface area contributed by atoms with Crippen LogP contribution >= 0.6 is 11.8 Å². The normalized spacial score (nSPS) is 25.0. The van der Waals surface area contributed by atoms with Crippen LogP contribution < -0.4 is 15.5 Å². The monoisotopic (exact) mass is 541 g/mol. The number of nitrogens with zero attached hydrogens (tertiary/aromatic N) is 3. The van der Waals surface area contributed by atoms with Gasteiger partial charge in [0.15, 0.2) is 15.0 Å². The van der Waals surface area contributed by atoms with Crippen molar-refractivity contribution in [3.05, 3.63) is 59.7 Å². The lowest BCUT2D eigenvalue weighted by Gasteiger charge is -2.41. The Morgan fingerprint density at radius 3 is 2.68 bits per heavy atom. The average Bonchev–Trinajstić information content (AvgIpc) is 3.34. The molecular weight excluding hydrogens is 506 g/mol. The standard InChI is InChI=1S/C27H35N5O3S2/c1-19-5-3-6-23(15-19)32-14-13-31(16-20(32)2)12-4-11-28-26(33)21-7-9-22(10-8-21)29-27-30-24-17-37(34,35)18-25(24)36-27/h3,5-10,15,20,24-25H,4,11-14,16-18H2,1-2H3,(H,28,33)(H,29,30)/t20?,24-,25+/m1/s1. The maximum Gasteiger partial charge on any atom is 0.251 e. The number of thioether (sulfide) groups is 1. The van der Waals surface area contributed by atoms with Crippen LogP contribution in [0.2, 0.25) is 0 Å². The molecule has 0 aliphatic carbocycles. The van der Waals surface area contributed by atoms with Gasteiger partial charge in [-0.3, -0.25) is 14.7 Å². The highest BCUT2D eigenvalue weighted by Crippen LogP contribution is 2.34. The number of sulfone groups is 1. The number of nitrogens with one attached hydrogen (secondary N) is 2. The van der Waals surface area contributed by atoms with E-state index < -0.39 is 9.84 Å². The molecule has 3 aliphatic rings. The van der Waals surface area contributed by atoms with Gasteiger partial charge in [0.2, 0.25) is 0 Å². The van der Waals surface area contributed by atoms with Gasteiger partial charge >= 0.3 is 0 Å². The van der Waals surface area contributed by atoms with Crippen molar-refractivity contribution in [1.29, 1.82) is 0 Å². The van der Waals surface area contributed by atoms with Crippen molar-refractivity contribution in [3.63, 3.8) is 0 Å². The second-order valence-corrected chi connectivity index (χ2v) is 13.6. The van der Waals surface area contributed by atoms with Gasteiger partial charge in [0.25, 0.3) is 5.91 Å². The first kappa shape index (κ1) is 26.1. The highest BCUT2D eigenvalue weighted by atomic mass is 32.2. The smallest absolute Gasteiger partial charge is 0.251 e. The number of fused-ring (bicyclic) bond motifs is 1. The summed E-state index contributed by atoms with van der Waals surface area (Å²) in [7, 11) is -2.95. The lowest BCUT2D eigenvalue weighted by atomic mass is 10.1. The van der Waals surface area contributed by atoms with Crippen molar-refractivity contribution >= 4 is 44.0 Å². The molecule has 1 amide bonds. The molecule has 2 aromatic carbocycles. The Bertz CT molecular complexity index is 1270. The van der Waals surface area contributed by atoms with E-state index in [4.69, 9.17) is 0 Å². The van der Waals surface area contributed by atoms with Gasteiger partial charge in [0.1, 0.15) is 0 Å². The number of aliphatic imine (C=N–C) groups is 1. The van der Waals surface area contributed by atoms with Crippen molar-refractivity contribution in [3.8, 4) is 0 Å². The summed E-state index contributed by atoms with van der Waals surface area (Å²) in [6, 6.07) is 16.3. The van der Waals surface area contributed by atoms with E-state index in [9.17, 15) is 13.2 Å². The molecule has 0 saturated carbocycles. The third-order valence-corrected chi connectivity index (χ3v) is 10.3. The second-order valence-electron chi connectivity index (χ2n) is 10.2. The van der Waals surface area contributed by atoms with Crippen molar-refractivity contribution in [1.82, 2.24) is 10.2 Å². The van der Waals surface area contributed by atoms with E-state index in [1.54, 1.807) is 12.1 Å². The Hall–Kier alpha value is -2.56. The van der Waals surface area contributed by atoms with Crippen LogP contribution in [-0.4, -0.2) is 86.0 Å². The zero-order valence-electron chi connectivity index (χ0n) is 21.4. The van der Waals surface area contributed by atoms with Gasteiger partial charge in [-0.1, -0.05) is 23.9 Å². The van der Waals surface area contributed by atoms with Crippen LogP contribution in [0, 0.1) is 6.92 Å². The van der Waals surface area contributed by atoms with E-state index >= 15 is 0 Å². The van der Waals surface area contributed by atoms with Crippen LogP contribution in [0.5, 0.6) is 0 Å². The molecule has 3 atom stereocenters. The molecule has 5 rings (SSSR count). The predicted octanol–water partition coefficient (Wildman–Crippen LogP) is 3.01. The molecule has 8 nitrogen and oxygen atoms in total. The summed E-state index contributed by atoms with van der Waals surface area (Å²) < 4.78 is 23.4. The zero-order valence-corrected chi connectivity index (χ0v) is 23.0. The van der Waals surface area contributed by atoms with E-state index in [1.165, 1.54) is 23.0 Å². The number of anilines is 2. The van der Waals surface area contributed by atoms with Gasteiger partial charge in [-0.25, -0.2) is 8.42 Å². The van der Waals surface area contributed by atoms with Crippen LogP contribution in [0.4, 0.5) is 11.4 Å². The van der Waals surface area contributed by atoms with Crippen molar-refractivity contribution < 1.29 is 13.2 Å². The molecule has 10 heteroatoms. The Morgan fingerprint density at radius 2 is 1.95 bits per heavy atom. The molecule has 2 saturated heterocycles. The number of hydrogen-bond donors (Lipinski definition) is 2. The van der Waals surface area contributed by atoms with Crippen molar-refractivity contribution in [2.24, 2.45) is 4.99 Å². The number of amides is 1. The Morgan fingerprint density at radius 1 is 1.14 bits per heavy atom. The minimum Gasteiger partial charge on any atom is -0.366 e. The number of rotatable bonds is 7. The van der Waals surface area contributed by atoms with Crippen LogP contribution in [0.25, 0.3) is 0 Å². The van der Waals surface area contributed by atoms with Gasteiger partial charge < -0.3 is 15.5 Å². The third kappa shape index (κ3) is 6.48. The molecule has 0 aromatic heterocycles. The highest BCUT2D eigenvalue weighted by Gasteiger charge is 2.42. The van der Waals surface area contributed by atoms with Gasteiger partial charge in [0, 0.05) is 54.4 Å². The summed E-state index contributed by atoms with van der Waals surface area (Å²) in [4.78, 5) is 22.1. The predicted molar refractivity (Wildman–Crippen MR) is 153 cm³/mol. The number of amidine groups is 1. The second kappa shape index (κ2) is 11.0. The highest BCUT2D eigenvalue weighted by molar-refractivity contribution is 8.15. The first-order chi connectivity index (χ1) is 17.8. The summed E-state index contributed by atoms with van der Waals surface area (Å²) in [6.07, 6.45) is 0.914. The quantitative estimate of drug-likeness (QED) is 0.521. The minimum absolute atomic E-state index is 0.0118. The molecule has 0 bridgehead atoms. The fourth-order valence-electron chi connectivity index (χ4n) is 5.28. The maximum absolute atomic E-state index is 12.6. The van der Waals surface area contributed by atoms with E-state index in [1.807, 2.05) is 12.1 Å². The van der Waals surface area contributed by atoms with Crippen LogP contribution in [-0.2, 0) is 9.84 Å². The van der Waals surface area contributed by atoms with E-state index in [-0.39, 0.29) is 28.7 Å². The van der Waals surface area contributed by atoms with Crippen molar-refractivity contribution in [2.75, 3.05) is 54.4 Å². The average molecular weight is 542 g/mol. The van der Waals surface area contributed by atoms with Crippen molar-refractivity contribution in [2.45, 2.75) is 37.6 Å². The fraction of sp³-hybridized carbons (Fsp3) is 0.481. The zero-order chi connectivity index (χ0) is 26.0. The van der Waals surface area contributed by atoms with Crippen LogP contribution in [0.1, 0.15) is 29.3 Å². The van der Waals surface area contributed by atoms with E-state index in [2.05, 4.69) is 63.5 Å². The number of carbonyl (C=O) groups is 1. The molecule has 1 unspecified atom stereocenters. The Balaban J connectivity index is 1.02. The topological polar surface area (TPSA) is 94.1 Å². The molecule has 2 fully saturated rings. The number of aryl methyl sites for hydroxylation is 1. The molecular formula is C27H35N5O3S2. The van der Waals surface area contributed by atoms with E-state index in [0.29, 0.717) is 18.2 Å². The van der Waals surface area contributed by atoms with Gasteiger partial charge in [-0.05, 0) is 68.8 Å². The summed E-state index contributed by atoms with van der Waals surface area (Å²) in [5.41, 5.74) is 4.05. The molecule has 0 radical (unpaired) electrons. The van der Waals surface area contributed by atoms with Gasteiger partial charge in [-0.2, -0.15) is 0 Å². The maximum atomic E-state index is 12.6. The number of hydrogen-bond acceptors (Lipinski definition) is 8. The summed E-state index contributed by atoms with van der Waals surface area (Å²) in [5, 5.41) is 7.04. The molecule has 0 spiro atoms.